The van der Waals surface area contributed by atoms with Crippen LogP contribution in [0.25, 0.3) is 11.4 Å². The summed E-state index contributed by atoms with van der Waals surface area (Å²) < 4.78 is 16.0. The Hall–Kier alpha value is -4.45. The van der Waals surface area contributed by atoms with Crippen LogP contribution in [0, 0.1) is 0 Å². The van der Waals surface area contributed by atoms with E-state index in [-0.39, 0.29) is 30.9 Å². The van der Waals surface area contributed by atoms with Gasteiger partial charge in [-0.1, -0.05) is 37.5 Å². The summed E-state index contributed by atoms with van der Waals surface area (Å²) in [5, 5.41) is 17.9. The van der Waals surface area contributed by atoms with Crippen LogP contribution < -0.4 is 19.5 Å². The highest BCUT2D eigenvalue weighted by atomic mass is 32.1. The molecule has 0 saturated heterocycles. The molecule has 12 heteroatoms. The van der Waals surface area contributed by atoms with Crippen LogP contribution in [0.15, 0.2) is 60.0 Å². The molecule has 2 aromatic carbocycles. The van der Waals surface area contributed by atoms with Crippen molar-refractivity contribution in [3.63, 3.8) is 0 Å². The van der Waals surface area contributed by atoms with Crippen LogP contribution in [-0.4, -0.2) is 64.3 Å². The Bertz CT molecular complexity index is 1500. The van der Waals surface area contributed by atoms with E-state index in [2.05, 4.69) is 20.7 Å². The lowest BCUT2D eigenvalue weighted by molar-refractivity contribution is -0.142. The molecule has 4 aromatic rings. The number of carbonyl (C=O) groups is 2. The third kappa shape index (κ3) is 7.31. The van der Waals surface area contributed by atoms with Gasteiger partial charge in [-0.3, -0.25) is 9.59 Å². The lowest BCUT2D eigenvalue weighted by Crippen LogP contribution is -2.47. The third-order valence-electron chi connectivity index (χ3n) is 7.53. The molecule has 0 radical (unpaired) electrons. The number of ether oxygens (including phenoxy) is 3. The van der Waals surface area contributed by atoms with Crippen molar-refractivity contribution in [2.75, 3.05) is 21.3 Å². The summed E-state index contributed by atoms with van der Waals surface area (Å²) in [6, 6.07) is 15.9. The molecule has 1 aliphatic rings. The van der Waals surface area contributed by atoms with E-state index < -0.39 is 6.04 Å². The maximum Gasteiger partial charge on any atom is 0.248 e. The molecule has 1 atom stereocenters. The monoisotopic (exact) mass is 604 g/mol. The minimum absolute atomic E-state index is 0.0997. The first-order chi connectivity index (χ1) is 21.0. The van der Waals surface area contributed by atoms with Crippen LogP contribution in [0.3, 0.4) is 0 Å². The van der Waals surface area contributed by atoms with E-state index >= 15 is 0 Å². The number of nitrogens with one attached hydrogen (secondary N) is 1. The Morgan fingerprint density at radius 2 is 1.77 bits per heavy atom. The number of hydrogen-bond acceptors (Lipinski definition) is 9. The van der Waals surface area contributed by atoms with Crippen molar-refractivity contribution in [2.45, 2.75) is 57.3 Å². The summed E-state index contributed by atoms with van der Waals surface area (Å²) in [7, 11) is 4.72. The van der Waals surface area contributed by atoms with Gasteiger partial charge in [-0.05, 0) is 65.4 Å². The number of amides is 2. The molecule has 1 N–H and O–H groups in total. The molecule has 1 aliphatic carbocycles. The molecule has 1 saturated carbocycles. The number of aromatic nitrogens is 4. The van der Waals surface area contributed by atoms with E-state index in [4.69, 9.17) is 14.2 Å². The van der Waals surface area contributed by atoms with Gasteiger partial charge in [-0.2, -0.15) is 4.80 Å². The Morgan fingerprint density at radius 3 is 2.44 bits per heavy atom. The molecule has 0 unspecified atom stereocenters. The van der Waals surface area contributed by atoms with Crippen LogP contribution in [0.4, 0.5) is 0 Å². The van der Waals surface area contributed by atoms with Gasteiger partial charge in [0, 0.05) is 23.0 Å². The lowest BCUT2D eigenvalue weighted by Gasteiger charge is -2.32. The maximum absolute atomic E-state index is 14.1. The fraction of sp³-hybridized carbons (Fsp3) is 0.387. The fourth-order valence-electron chi connectivity index (χ4n) is 5.26. The van der Waals surface area contributed by atoms with Gasteiger partial charge in [0.05, 0.1) is 21.3 Å². The smallest absolute Gasteiger partial charge is 0.248 e. The zero-order chi connectivity index (χ0) is 30.2. The van der Waals surface area contributed by atoms with E-state index in [1.807, 2.05) is 41.8 Å². The minimum Gasteiger partial charge on any atom is -0.497 e. The molecule has 2 amide bonds. The first kappa shape index (κ1) is 30.0. The summed E-state index contributed by atoms with van der Waals surface area (Å²) in [6.07, 6.45) is 5.24. The number of methoxy groups -OCH3 is 3. The molecule has 2 heterocycles. The van der Waals surface area contributed by atoms with E-state index in [9.17, 15) is 9.59 Å². The van der Waals surface area contributed by atoms with E-state index in [0.717, 1.165) is 36.1 Å². The van der Waals surface area contributed by atoms with Crippen molar-refractivity contribution >= 4 is 23.2 Å². The zero-order valence-corrected chi connectivity index (χ0v) is 25.4. The Morgan fingerprint density at radius 1 is 1.00 bits per heavy atom. The van der Waals surface area contributed by atoms with Crippen molar-refractivity contribution in [3.8, 4) is 28.6 Å². The van der Waals surface area contributed by atoms with E-state index in [1.54, 1.807) is 44.4 Å². The molecule has 0 spiro atoms. The molecule has 226 valence electrons. The quantitative estimate of drug-likeness (QED) is 0.248. The van der Waals surface area contributed by atoms with Crippen molar-refractivity contribution in [2.24, 2.45) is 0 Å². The SMILES string of the molecule is COc1ccc(CN(C(=O)Cn2nnc(-c3ccc(OC)c(OC)c3)n2)[C@H](C(=O)NC2CCCCC2)c2cccs2)cc1. The first-order valence-corrected chi connectivity index (χ1v) is 15.1. The summed E-state index contributed by atoms with van der Waals surface area (Å²) in [5.74, 6) is 1.65. The molecular formula is C31H36N6O5S. The number of thiophene rings is 1. The normalized spacial score (nSPS) is 14.1. The van der Waals surface area contributed by atoms with Gasteiger partial charge in [0.15, 0.2) is 11.5 Å². The Labute approximate surface area is 254 Å². The van der Waals surface area contributed by atoms with Gasteiger partial charge in [0.1, 0.15) is 18.3 Å². The first-order valence-electron chi connectivity index (χ1n) is 14.3. The zero-order valence-electron chi connectivity index (χ0n) is 24.6. The van der Waals surface area contributed by atoms with Gasteiger partial charge in [-0.25, -0.2) is 0 Å². The van der Waals surface area contributed by atoms with Crippen LogP contribution >= 0.6 is 11.3 Å². The minimum atomic E-state index is -0.814. The summed E-state index contributed by atoms with van der Waals surface area (Å²) in [4.78, 5) is 31.6. The number of benzene rings is 2. The van der Waals surface area contributed by atoms with E-state index in [0.29, 0.717) is 28.6 Å². The summed E-state index contributed by atoms with van der Waals surface area (Å²) in [5.41, 5.74) is 1.52. The largest absolute Gasteiger partial charge is 0.497 e. The molecule has 5 rings (SSSR count). The van der Waals surface area contributed by atoms with Crippen molar-refractivity contribution in [1.29, 1.82) is 0 Å². The topological polar surface area (TPSA) is 121 Å². The van der Waals surface area contributed by atoms with Crippen LogP contribution in [0.5, 0.6) is 17.2 Å². The molecule has 0 bridgehead atoms. The Balaban J connectivity index is 1.43. The Kier molecular flexibility index (Phi) is 9.88. The van der Waals surface area contributed by atoms with Crippen molar-refractivity contribution < 1.29 is 23.8 Å². The standard InChI is InChI=1S/C31H36N6O5S/c1-40-24-14-11-21(12-15-24)19-36(29(27-10-7-17-43-27)31(39)32-23-8-5-4-6-9-23)28(38)20-37-34-30(33-35-37)22-13-16-25(41-2)26(18-22)42-3/h7,10-18,23,29H,4-6,8-9,19-20H2,1-3H3,(H,32,39)/t29-/m0/s1. The number of carbonyl (C=O) groups excluding carboxylic acids is 2. The number of hydrogen-bond donors (Lipinski definition) is 1. The predicted octanol–water partition coefficient (Wildman–Crippen LogP) is 4.65. The van der Waals surface area contributed by atoms with Gasteiger partial charge in [0.25, 0.3) is 0 Å². The van der Waals surface area contributed by atoms with Gasteiger partial charge < -0.3 is 24.4 Å². The second kappa shape index (κ2) is 14.1. The second-order valence-electron chi connectivity index (χ2n) is 10.3. The fourth-order valence-corrected chi connectivity index (χ4v) is 6.10. The van der Waals surface area contributed by atoms with Gasteiger partial charge >= 0.3 is 0 Å². The maximum atomic E-state index is 14.1. The highest BCUT2D eigenvalue weighted by Gasteiger charge is 2.34. The number of tetrazole rings is 1. The molecule has 11 nitrogen and oxygen atoms in total. The summed E-state index contributed by atoms with van der Waals surface area (Å²) >= 11 is 1.45. The predicted molar refractivity (Wildman–Crippen MR) is 162 cm³/mol. The average molecular weight is 605 g/mol. The van der Waals surface area contributed by atoms with Gasteiger partial charge in [-0.15, -0.1) is 21.5 Å². The number of nitrogens with zero attached hydrogens (tertiary/aromatic N) is 5. The molecule has 1 fully saturated rings. The molecule has 0 aliphatic heterocycles. The van der Waals surface area contributed by atoms with Gasteiger partial charge in [0.2, 0.25) is 17.6 Å². The van der Waals surface area contributed by atoms with Crippen LogP contribution in [0.2, 0.25) is 0 Å². The molecule has 43 heavy (non-hydrogen) atoms. The van der Waals surface area contributed by atoms with E-state index in [1.165, 1.54) is 22.6 Å². The third-order valence-corrected chi connectivity index (χ3v) is 8.45. The highest BCUT2D eigenvalue weighted by molar-refractivity contribution is 7.10. The average Bonchev–Trinajstić information content (AvgIpc) is 3.74. The second-order valence-corrected chi connectivity index (χ2v) is 11.3. The number of rotatable bonds is 12. The van der Waals surface area contributed by atoms with Crippen molar-refractivity contribution in [3.05, 3.63) is 70.4 Å². The summed E-state index contributed by atoms with van der Waals surface area (Å²) in [6.45, 7) is 0.00966. The molecule has 2 aromatic heterocycles. The molecular weight excluding hydrogens is 568 g/mol. The van der Waals surface area contributed by atoms with Crippen molar-refractivity contribution in [1.82, 2.24) is 30.4 Å². The highest BCUT2D eigenvalue weighted by Crippen LogP contribution is 2.32. The van der Waals surface area contributed by atoms with Crippen LogP contribution in [0.1, 0.15) is 48.6 Å². The lowest BCUT2D eigenvalue weighted by atomic mass is 9.95. The van der Waals surface area contributed by atoms with Crippen LogP contribution in [-0.2, 0) is 22.7 Å².